The molecule has 0 saturated heterocycles. The van der Waals surface area contributed by atoms with Crippen LogP contribution in [0.3, 0.4) is 0 Å². The van der Waals surface area contributed by atoms with Gasteiger partial charge in [0.15, 0.2) is 5.75 Å². The van der Waals surface area contributed by atoms with Crippen molar-refractivity contribution in [2.75, 3.05) is 0 Å². The second-order valence-electron chi connectivity index (χ2n) is 6.91. The van der Waals surface area contributed by atoms with Gasteiger partial charge in [0.2, 0.25) is 0 Å². The predicted molar refractivity (Wildman–Crippen MR) is 85.5 cm³/mol. The zero-order valence-electron chi connectivity index (χ0n) is 14.0. The lowest BCUT2D eigenvalue weighted by Gasteiger charge is -2.19. The Labute approximate surface area is 128 Å². The largest absolute Gasteiger partial charge is 0.487 e. The fraction of sp³-hybridized carbons (Fsp3) is 0.765. The summed E-state index contributed by atoms with van der Waals surface area (Å²) in [6.07, 6.45) is 5.65. The minimum Gasteiger partial charge on any atom is -0.487 e. The van der Waals surface area contributed by atoms with Crippen molar-refractivity contribution in [2.24, 2.45) is 5.92 Å². The van der Waals surface area contributed by atoms with E-state index in [0.717, 1.165) is 30.2 Å². The first-order chi connectivity index (χ1) is 9.95. The van der Waals surface area contributed by atoms with Crippen molar-refractivity contribution in [1.82, 2.24) is 15.3 Å². The molecule has 2 rings (SSSR count). The molecule has 0 aliphatic heterocycles. The van der Waals surface area contributed by atoms with E-state index in [4.69, 9.17) is 9.72 Å². The van der Waals surface area contributed by atoms with Crippen LogP contribution in [0.15, 0.2) is 6.20 Å². The van der Waals surface area contributed by atoms with E-state index in [1.807, 2.05) is 6.20 Å². The number of nitrogens with one attached hydrogen (secondary N) is 1. The van der Waals surface area contributed by atoms with Crippen molar-refractivity contribution < 1.29 is 4.74 Å². The van der Waals surface area contributed by atoms with Gasteiger partial charge in [-0.3, -0.25) is 0 Å². The molecular weight excluding hydrogens is 262 g/mol. The summed E-state index contributed by atoms with van der Waals surface area (Å²) in [7, 11) is 0. The quantitative estimate of drug-likeness (QED) is 0.794. The van der Waals surface area contributed by atoms with Crippen molar-refractivity contribution in [3.8, 4) is 5.75 Å². The first-order valence-corrected chi connectivity index (χ1v) is 8.21. The Kier molecular flexibility index (Phi) is 5.57. The molecule has 1 aliphatic carbocycles. The van der Waals surface area contributed by atoms with Crippen LogP contribution in [0.4, 0.5) is 0 Å². The molecule has 1 aromatic heterocycles. The van der Waals surface area contributed by atoms with Crippen molar-refractivity contribution in [3.05, 3.63) is 17.7 Å². The van der Waals surface area contributed by atoms with Crippen molar-refractivity contribution >= 4 is 0 Å². The van der Waals surface area contributed by atoms with Gasteiger partial charge in [0.25, 0.3) is 0 Å². The molecule has 0 spiro atoms. The van der Waals surface area contributed by atoms with E-state index < -0.39 is 0 Å². The van der Waals surface area contributed by atoms with Crippen LogP contribution in [-0.2, 0) is 6.54 Å². The topological polar surface area (TPSA) is 47.0 Å². The lowest BCUT2D eigenvalue weighted by molar-refractivity contribution is 0.189. The number of hydrogen-bond acceptors (Lipinski definition) is 4. The number of ether oxygens (including phenoxy) is 1. The molecule has 4 heteroatoms. The molecule has 0 amide bonds. The summed E-state index contributed by atoms with van der Waals surface area (Å²) < 4.78 is 6.08. The molecule has 0 bridgehead atoms. The molecular formula is C17H29N3O. The van der Waals surface area contributed by atoms with Crippen LogP contribution in [0.2, 0.25) is 0 Å². The van der Waals surface area contributed by atoms with Crippen LogP contribution in [0.25, 0.3) is 0 Å². The van der Waals surface area contributed by atoms with Crippen LogP contribution >= 0.6 is 0 Å². The van der Waals surface area contributed by atoms with E-state index in [-0.39, 0.29) is 6.10 Å². The third-order valence-electron chi connectivity index (χ3n) is 3.63. The second-order valence-corrected chi connectivity index (χ2v) is 6.91. The molecule has 1 fully saturated rings. The minimum absolute atomic E-state index is 0.193. The molecule has 1 N–H and O–H groups in total. The van der Waals surface area contributed by atoms with E-state index in [9.17, 15) is 0 Å². The highest BCUT2D eigenvalue weighted by atomic mass is 16.5. The standard InChI is InChI=1S/C17H29N3O/c1-11(2)8-13(5)21-16-10-19-17(12(3)4)20-15(16)9-18-14-6-7-14/h10-14,18H,6-9H2,1-5H3. The minimum atomic E-state index is 0.193. The average molecular weight is 291 g/mol. The Morgan fingerprint density at radius 2 is 1.95 bits per heavy atom. The summed E-state index contributed by atoms with van der Waals surface area (Å²) in [6, 6.07) is 0.670. The summed E-state index contributed by atoms with van der Waals surface area (Å²) >= 11 is 0. The maximum absolute atomic E-state index is 6.08. The number of rotatable bonds is 8. The van der Waals surface area contributed by atoms with E-state index >= 15 is 0 Å². The molecule has 1 unspecified atom stereocenters. The molecule has 1 heterocycles. The van der Waals surface area contributed by atoms with E-state index in [1.165, 1.54) is 12.8 Å². The van der Waals surface area contributed by atoms with E-state index in [1.54, 1.807) is 0 Å². The first kappa shape index (κ1) is 16.2. The number of hydrogen-bond donors (Lipinski definition) is 1. The lowest BCUT2D eigenvalue weighted by atomic mass is 10.1. The van der Waals surface area contributed by atoms with Gasteiger partial charge < -0.3 is 10.1 Å². The smallest absolute Gasteiger partial charge is 0.160 e. The van der Waals surface area contributed by atoms with Gasteiger partial charge in [-0.1, -0.05) is 27.7 Å². The molecule has 1 aromatic rings. The van der Waals surface area contributed by atoms with Gasteiger partial charge in [0.05, 0.1) is 18.0 Å². The summed E-state index contributed by atoms with van der Waals surface area (Å²) in [6.45, 7) is 11.6. The van der Waals surface area contributed by atoms with Gasteiger partial charge in [-0.25, -0.2) is 9.97 Å². The normalized spacial score (nSPS) is 16.5. The van der Waals surface area contributed by atoms with Crippen LogP contribution in [-0.4, -0.2) is 22.1 Å². The maximum atomic E-state index is 6.08. The fourth-order valence-corrected chi connectivity index (χ4v) is 2.38. The fourth-order valence-electron chi connectivity index (χ4n) is 2.38. The molecule has 1 aliphatic rings. The molecule has 0 aromatic carbocycles. The Morgan fingerprint density at radius 1 is 1.24 bits per heavy atom. The molecule has 118 valence electrons. The monoisotopic (exact) mass is 291 g/mol. The molecule has 1 saturated carbocycles. The van der Waals surface area contributed by atoms with Gasteiger partial charge in [-0.2, -0.15) is 0 Å². The van der Waals surface area contributed by atoms with Gasteiger partial charge >= 0.3 is 0 Å². The molecule has 4 nitrogen and oxygen atoms in total. The Hall–Kier alpha value is -1.16. The van der Waals surface area contributed by atoms with E-state index in [0.29, 0.717) is 17.9 Å². The summed E-state index contributed by atoms with van der Waals surface area (Å²) in [5.41, 5.74) is 0.996. The molecule has 0 radical (unpaired) electrons. The van der Waals surface area contributed by atoms with Crippen molar-refractivity contribution in [1.29, 1.82) is 0 Å². The zero-order valence-corrected chi connectivity index (χ0v) is 14.0. The highest BCUT2D eigenvalue weighted by Gasteiger charge is 2.22. The van der Waals surface area contributed by atoms with E-state index in [2.05, 4.69) is 44.9 Å². The Balaban J connectivity index is 2.08. The summed E-state index contributed by atoms with van der Waals surface area (Å²) in [4.78, 5) is 9.16. The van der Waals surface area contributed by atoms with Crippen molar-refractivity contribution in [3.63, 3.8) is 0 Å². The maximum Gasteiger partial charge on any atom is 0.160 e. The zero-order chi connectivity index (χ0) is 15.4. The van der Waals surface area contributed by atoms with Crippen LogP contribution in [0.1, 0.15) is 71.3 Å². The third kappa shape index (κ3) is 5.27. The third-order valence-corrected chi connectivity index (χ3v) is 3.63. The van der Waals surface area contributed by atoms with Gasteiger partial charge in [-0.15, -0.1) is 0 Å². The van der Waals surface area contributed by atoms with Crippen molar-refractivity contribution in [2.45, 2.75) is 78.5 Å². The summed E-state index contributed by atoms with van der Waals surface area (Å²) in [5, 5.41) is 3.52. The number of nitrogens with zero attached hydrogens (tertiary/aromatic N) is 2. The molecule has 1 atom stereocenters. The summed E-state index contributed by atoms with van der Waals surface area (Å²) in [5.74, 6) is 2.70. The average Bonchev–Trinajstić information content (AvgIpc) is 3.20. The lowest BCUT2D eigenvalue weighted by Crippen LogP contribution is -2.21. The van der Waals surface area contributed by atoms with Crippen LogP contribution in [0, 0.1) is 5.92 Å². The first-order valence-electron chi connectivity index (χ1n) is 8.21. The van der Waals surface area contributed by atoms with Gasteiger partial charge in [0.1, 0.15) is 5.82 Å². The highest BCUT2D eigenvalue weighted by Crippen LogP contribution is 2.24. The SMILES string of the molecule is CC(C)CC(C)Oc1cnc(C(C)C)nc1CNC1CC1. The predicted octanol–water partition coefficient (Wildman–Crippen LogP) is 3.67. The van der Waals surface area contributed by atoms with Gasteiger partial charge in [0, 0.05) is 18.5 Å². The second kappa shape index (κ2) is 7.21. The Morgan fingerprint density at radius 3 is 2.52 bits per heavy atom. The van der Waals surface area contributed by atoms with Gasteiger partial charge in [-0.05, 0) is 32.1 Å². The highest BCUT2D eigenvalue weighted by molar-refractivity contribution is 5.26. The van der Waals surface area contributed by atoms with Crippen LogP contribution in [0.5, 0.6) is 5.75 Å². The van der Waals surface area contributed by atoms with Crippen LogP contribution < -0.4 is 10.1 Å². The molecule has 21 heavy (non-hydrogen) atoms. The number of aromatic nitrogens is 2. The Bertz CT molecular complexity index is 455.